The van der Waals surface area contributed by atoms with Crippen molar-refractivity contribution in [1.29, 1.82) is 0 Å². The maximum atomic E-state index is 5.93. The van der Waals surface area contributed by atoms with E-state index in [1.165, 1.54) is 44.1 Å². The predicted octanol–water partition coefficient (Wildman–Crippen LogP) is 3.08. The SMILES string of the molecule is Nc1ccccc1CNC1CCCCCC1. The molecule has 0 radical (unpaired) electrons. The number of nitrogens with two attached hydrogens (primary N) is 1. The molecule has 0 saturated heterocycles. The van der Waals surface area contributed by atoms with Gasteiger partial charge in [-0.15, -0.1) is 0 Å². The molecule has 0 aliphatic heterocycles. The Bertz CT molecular complexity index is 314. The molecule has 1 fully saturated rings. The summed E-state index contributed by atoms with van der Waals surface area (Å²) in [5.41, 5.74) is 8.06. The molecule has 2 rings (SSSR count). The van der Waals surface area contributed by atoms with Crippen molar-refractivity contribution in [3.05, 3.63) is 29.8 Å². The smallest absolute Gasteiger partial charge is 0.0359 e. The zero-order chi connectivity index (χ0) is 11.2. The van der Waals surface area contributed by atoms with Crippen molar-refractivity contribution in [3.8, 4) is 0 Å². The monoisotopic (exact) mass is 218 g/mol. The van der Waals surface area contributed by atoms with E-state index in [9.17, 15) is 0 Å². The Labute approximate surface area is 98.2 Å². The van der Waals surface area contributed by atoms with Crippen LogP contribution in [0.25, 0.3) is 0 Å². The summed E-state index contributed by atoms with van der Waals surface area (Å²) >= 11 is 0. The zero-order valence-corrected chi connectivity index (χ0v) is 9.91. The van der Waals surface area contributed by atoms with Crippen molar-refractivity contribution < 1.29 is 0 Å². The molecule has 2 nitrogen and oxygen atoms in total. The van der Waals surface area contributed by atoms with Gasteiger partial charge in [-0.3, -0.25) is 0 Å². The lowest BCUT2D eigenvalue weighted by molar-refractivity contribution is 0.459. The minimum absolute atomic E-state index is 0.696. The first-order chi connectivity index (χ1) is 7.86. The molecule has 0 amide bonds. The summed E-state index contributed by atoms with van der Waals surface area (Å²) in [5.74, 6) is 0. The van der Waals surface area contributed by atoms with Gasteiger partial charge in [0.05, 0.1) is 0 Å². The second kappa shape index (κ2) is 5.90. The van der Waals surface area contributed by atoms with Crippen LogP contribution in [0.4, 0.5) is 5.69 Å². The summed E-state index contributed by atoms with van der Waals surface area (Å²) in [6.45, 7) is 0.914. The molecule has 0 heterocycles. The Balaban J connectivity index is 1.84. The van der Waals surface area contributed by atoms with Crippen molar-refractivity contribution in [2.75, 3.05) is 5.73 Å². The molecular weight excluding hydrogens is 196 g/mol. The summed E-state index contributed by atoms with van der Waals surface area (Å²) < 4.78 is 0. The van der Waals surface area contributed by atoms with Gasteiger partial charge in [-0.2, -0.15) is 0 Å². The predicted molar refractivity (Wildman–Crippen MR) is 69.2 cm³/mol. The minimum Gasteiger partial charge on any atom is -0.398 e. The molecule has 0 unspecified atom stereocenters. The maximum absolute atomic E-state index is 5.93. The summed E-state index contributed by atoms with van der Waals surface area (Å²) in [4.78, 5) is 0. The number of para-hydroxylation sites is 1. The highest BCUT2D eigenvalue weighted by atomic mass is 14.9. The summed E-state index contributed by atoms with van der Waals surface area (Å²) in [5, 5.41) is 3.64. The average Bonchev–Trinajstić information content (AvgIpc) is 2.56. The first kappa shape index (κ1) is 11.5. The van der Waals surface area contributed by atoms with Crippen LogP contribution in [0.5, 0.6) is 0 Å². The zero-order valence-electron chi connectivity index (χ0n) is 9.91. The van der Waals surface area contributed by atoms with Crippen LogP contribution in [-0.4, -0.2) is 6.04 Å². The van der Waals surface area contributed by atoms with Gasteiger partial charge in [-0.25, -0.2) is 0 Å². The molecule has 0 spiro atoms. The molecule has 2 heteroatoms. The van der Waals surface area contributed by atoms with Crippen LogP contribution in [0.2, 0.25) is 0 Å². The molecular formula is C14H22N2. The standard InChI is InChI=1S/C14H22N2/c15-14-10-6-5-7-12(14)11-16-13-8-3-1-2-4-9-13/h5-7,10,13,16H,1-4,8-9,11,15H2. The first-order valence-corrected chi connectivity index (χ1v) is 6.43. The number of rotatable bonds is 3. The highest BCUT2D eigenvalue weighted by molar-refractivity contribution is 5.46. The highest BCUT2D eigenvalue weighted by Gasteiger charge is 2.11. The fourth-order valence-corrected chi connectivity index (χ4v) is 2.43. The number of nitrogens with one attached hydrogen (secondary N) is 1. The van der Waals surface area contributed by atoms with Gasteiger partial charge in [0, 0.05) is 18.3 Å². The van der Waals surface area contributed by atoms with Crippen LogP contribution in [-0.2, 0) is 6.54 Å². The first-order valence-electron chi connectivity index (χ1n) is 6.43. The van der Waals surface area contributed by atoms with E-state index in [1.54, 1.807) is 0 Å². The van der Waals surface area contributed by atoms with E-state index in [1.807, 2.05) is 12.1 Å². The molecule has 1 aliphatic carbocycles. The van der Waals surface area contributed by atoms with Crippen LogP contribution >= 0.6 is 0 Å². The molecule has 1 aromatic carbocycles. The van der Waals surface area contributed by atoms with Gasteiger partial charge in [0.15, 0.2) is 0 Å². The second-order valence-electron chi connectivity index (χ2n) is 4.77. The van der Waals surface area contributed by atoms with Crippen molar-refractivity contribution in [2.45, 2.75) is 51.1 Å². The van der Waals surface area contributed by atoms with Gasteiger partial charge < -0.3 is 11.1 Å². The minimum atomic E-state index is 0.696. The van der Waals surface area contributed by atoms with E-state index in [0.29, 0.717) is 6.04 Å². The molecule has 3 N–H and O–H groups in total. The molecule has 1 aromatic rings. The molecule has 1 saturated carbocycles. The van der Waals surface area contributed by atoms with E-state index in [0.717, 1.165) is 12.2 Å². The molecule has 0 aromatic heterocycles. The fourth-order valence-electron chi connectivity index (χ4n) is 2.43. The largest absolute Gasteiger partial charge is 0.398 e. The molecule has 0 bridgehead atoms. The van der Waals surface area contributed by atoms with Crippen molar-refractivity contribution in [3.63, 3.8) is 0 Å². The van der Waals surface area contributed by atoms with Crippen LogP contribution < -0.4 is 11.1 Å². The number of hydrogen-bond acceptors (Lipinski definition) is 2. The topological polar surface area (TPSA) is 38.0 Å². The average molecular weight is 218 g/mol. The number of anilines is 1. The van der Waals surface area contributed by atoms with Gasteiger partial charge >= 0.3 is 0 Å². The number of nitrogen functional groups attached to an aromatic ring is 1. The maximum Gasteiger partial charge on any atom is 0.0359 e. The van der Waals surface area contributed by atoms with E-state index in [2.05, 4.69) is 17.4 Å². The van der Waals surface area contributed by atoms with Crippen LogP contribution in [0, 0.1) is 0 Å². The van der Waals surface area contributed by atoms with E-state index in [4.69, 9.17) is 5.73 Å². The third-order valence-electron chi connectivity index (χ3n) is 3.49. The summed E-state index contributed by atoms with van der Waals surface area (Å²) in [6.07, 6.45) is 8.22. The highest BCUT2D eigenvalue weighted by Crippen LogP contribution is 2.18. The Kier molecular flexibility index (Phi) is 4.23. The lowest BCUT2D eigenvalue weighted by atomic mass is 10.1. The molecule has 16 heavy (non-hydrogen) atoms. The Morgan fingerprint density at radius 3 is 2.44 bits per heavy atom. The lowest BCUT2D eigenvalue weighted by Crippen LogP contribution is -2.28. The van der Waals surface area contributed by atoms with Crippen molar-refractivity contribution in [1.82, 2.24) is 5.32 Å². The van der Waals surface area contributed by atoms with Gasteiger partial charge in [-0.05, 0) is 24.5 Å². The molecule has 88 valence electrons. The van der Waals surface area contributed by atoms with E-state index < -0.39 is 0 Å². The van der Waals surface area contributed by atoms with Crippen molar-refractivity contribution >= 4 is 5.69 Å². The third kappa shape index (κ3) is 3.24. The fraction of sp³-hybridized carbons (Fsp3) is 0.571. The molecule has 1 aliphatic rings. The lowest BCUT2D eigenvalue weighted by Gasteiger charge is -2.16. The summed E-state index contributed by atoms with van der Waals surface area (Å²) in [6, 6.07) is 8.83. The van der Waals surface area contributed by atoms with Crippen LogP contribution in [0.15, 0.2) is 24.3 Å². The van der Waals surface area contributed by atoms with Crippen LogP contribution in [0.1, 0.15) is 44.1 Å². The third-order valence-corrected chi connectivity index (χ3v) is 3.49. The summed E-state index contributed by atoms with van der Waals surface area (Å²) in [7, 11) is 0. The quantitative estimate of drug-likeness (QED) is 0.604. The van der Waals surface area contributed by atoms with Gasteiger partial charge in [-0.1, -0.05) is 43.9 Å². The van der Waals surface area contributed by atoms with Crippen LogP contribution in [0.3, 0.4) is 0 Å². The van der Waals surface area contributed by atoms with E-state index in [-0.39, 0.29) is 0 Å². The Morgan fingerprint density at radius 1 is 1.06 bits per heavy atom. The Morgan fingerprint density at radius 2 is 1.75 bits per heavy atom. The second-order valence-corrected chi connectivity index (χ2v) is 4.77. The normalized spacial score (nSPS) is 18.2. The Hall–Kier alpha value is -1.02. The number of hydrogen-bond donors (Lipinski definition) is 2. The van der Waals surface area contributed by atoms with Gasteiger partial charge in [0.25, 0.3) is 0 Å². The van der Waals surface area contributed by atoms with Gasteiger partial charge in [0.1, 0.15) is 0 Å². The van der Waals surface area contributed by atoms with Crippen molar-refractivity contribution in [2.24, 2.45) is 0 Å². The number of benzene rings is 1. The van der Waals surface area contributed by atoms with Gasteiger partial charge in [0.2, 0.25) is 0 Å². The van der Waals surface area contributed by atoms with E-state index >= 15 is 0 Å². The molecule has 0 atom stereocenters.